The molecule has 0 aliphatic rings. The fraction of sp³-hybridized carbons (Fsp3) is 0.667. The van der Waals surface area contributed by atoms with Gasteiger partial charge < -0.3 is 15.4 Å². The van der Waals surface area contributed by atoms with Crippen molar-refractivity contribution in [3.8, 4) is 0 Å². The van der Waals surface area contributed by atoms with Crippen molar-refractivity contribution in [3.63, 3.8) is 0 Å². The number of ether oxygens (including phenoxy) is 1. The van der Waals surface area contributed by atoms with E-state index in [-0.39, 0.29) is 0 Å². The van der Waals surface area contributed by atoms with Crippen LogP contribution < -0.4 is 10.6 Å². The van der Waals surface area contributed by atoms with E-state index in [4.69, 9.17) is 4.74 Å². The molecule has 5 nitrogen and oxygen atoms in total. The average Bonchev–Trinajstić information content (AvgIpc) is 2.37. The maximum absolute atomic E-state index is 5.06. The minimum absolute atomic E-state index is 0.301. The highest BCUT2D eigenvalue weighted by molar-refractivity contribution is 9.10. The van der Waals surface area contributed by atoms with Gasteiger partial charge >= 0.3 is 0 Å². The number of nitrogens with zero attached hydrogens (tertiary/aromatic N) is 2. The van der Waals surface area contributed by atoms with E-state index >= 15 is 0 Å². The molecule has 1 unspecified atom stereocenters. The lowest BCUT2D eigenvalue weighted by Crippen LogP contribution is -2.19. The Balaban J connectivity index is 2.62. The Bertz CT molecular complexity index is 362. The summed E-state index contributed by atoms with van der Waals surface area (Å²) < 4.78 is 5.93. The van der Waals surface area contributed by atoms with Crippen LogP contribution in [0.2, 0.25) is 0 Å². The van der Waals surface area contributed by atoms with Crippen LogP contribution in [-0.4, -0.2) is 36.3 Å². The normalized spacial score (nSPS) is 12.2. The van der Waals surface area contributed by atoms with Gasteiger partial charge in [0.15, 0.2) is 0 Å². The van der Waals surface area contributed by atoms with Gasteiger partial charge in [-0.1, -0.05) is 6.92 Å². The summed E-state index contributed by atoms with van der Waals surface area (Å²) in [5, 5.41) is 6.51. The molecule has 0 saturated heterocycles. The SMILES string of the molecule is CCCNc1ncc(Br)c(NC(C)CCOC)n1. The lowest BCUT2D eigenvalue weighted by molar-refractivity contribution is 0.191. The third-order valence-electron chi connectivity index (χ3n) is 2.42. The summed E-state index contributed by atoms with van der Waals surface area (Å²) in [4.78, 5) is 8.65. The molecule has 18 heavy (non-hydrogen) atoms. The maximum atomic E-state index is 5.06. The van der Waals surface area contributed by atoms with E-state index in [1.54, 1.807) is 13.3 Å². The van der Waals surface area contributed by atoms with Crippen molar-refractivity contribution in [2.45, 2.75) is 32.7 Å². The molecule has 0 amide bonds. The van der Waals surface area contributed by atoms with Gasteiger partial charge in [0.05, 0.1) is 4.47 Å². The van der Waals surface area contributed by atoms with E-state index in [1.165, 1.54) is 0 Å². The summed E-state index contributed by atoms with van der Waals surface area (Å²) in [7, 11) is 1.71. The molecule has 102 valence electrons. The summed E-state index contributed by atoms with van der Waals surface area (Å²) in [6.07, 6.45) is 3.74. The molecular weight excluding hydrogens is 296 g/mol. The maximum Gasteiger partial charge on any atom is 0.224 e. The van der Waals surface area contributed by atoms with E-state index in [2.05, 4.69) is 50.4 Å². The number of nitrogens with one attached hydrogen (secondary N) is 2. The fourth-order valence-electron chi connectivity index (χ4n) is 1.39. The van der Waals surface area contributed by atoms with Crippen LogP contribution in [0.1, 0.15) is 26.7 Å². The highest BCUT2D eigenvalue weighted by Gasteiger charge is 2.08. The first kappa shape index (κ1) is 15.2. The van der Waals surface area contributed by atoms with Crippen LogP contribution >= 0.6 is 15.9 Å². The second-order valence-corrected chi connectivity index (χ2v) is 5.00. The van der Waals surface area contributed by atoms with Crippen LogP contribution in [0.3, 0.4) is 0 Å². The fourth-order valence-corrected chi connectivity index (χ4v) is 1.70. The Hall–Kier alpha value is -0.880. The van der Waals surface area contributed by atoms with Crippen LogP contribution in [0.15, 0.2) is 10.7 Å². The van der Waals surface area contributed by atoms with Crippen LogP contribution in [0.25, 0.3) is 0 Å². The molecule has 1 aromatic rings. The Morgan fingerprint density at radius 3 is 2.94 bits per heavy atom. The van der Waals surface area contributed by atoms with E-state index in [1.807, 2.05) is 0 Å². The average molecular weight is 317 g/mol. The first-order chi connectivity index (χ1) is 8.67. The van der Waals surface area contributed by atoms with E-state index in [0.717, 1.165) is 36.3 Å². The van der Waals surface area contributed by atoms with Gasteiger partial charge in [0.25, 0.3) is 0 Å². The smallest absolute Gasteiger partial charge is 0.224 e. The van der Waals surface area contributed by atoms with E-state index in [9.17, 15) is 0 Å². The summed E-state index contributed by atoms with van der Waals surface area (Å²) >= 11 is 3.45. The van der Waals surface area contributed by atoms with Gasteiger partial charge in [0.2, 0.25) is 5.95 Å². The molecule has 0 aromatic carbocycles. The third-order valence-corrected chi connectivity index (χ3v) is 3.00. The first-order valence-electron chi connectivity index (χ1n) is 6.19. The van der Waals surface area contributed by atoms with Crippen molar-refractivity contribution in [3.05, 3.63) is 10.7 Å². The van der Waals surface area contributed by atoms with E-state index in [0.29, 0.717) is 12.0 Å². The number of aromatic nitrogens is 2. The minimum atomic E-state index is 0.301. The number of anilines is 2. The molecular formula is C12H21BrN4O. The molecule has 6 heteroatoms. The molecule has 0 spiro atoms. The molecule has 1 rings (SSSR count). The second-order valence-electron chi connectivity index (χ2n) is 4.14. The zero-order chi connectivity index (χ0) is 13.4. The number of rotatable bonds is 8. The Labute approximate surface area is 117 Å². The quantitative estimate of drug-likeness (QED) is 0.772. The van der Waals surface area contributed by atoms with Gasteiger partial charge in [-0.3, -0.25) is 0 Å². The summed E-state index contributed by atoms with van der Waals surface area (Å²) in [6, 6.07) is 0.301. The Kier molecular flexibility index (Phi) is 6.97. The number of hydrogen-bond donors (Lipinski definition) is 2. The van der Waals surface area contributed by atoms with Crippen LogP contribution in [-0.2, 0) is 4.74 Å². The topological polar surface area (TPSA) is 59.1 Å². The lowest BCUT2D eigenvalue weighted by Gasteiger charge is -2.15. The number of hydrogen-bond acceptors (Lipinski definition) is 5. The van der Waals surface area contributed by atoms with Crippen molar-refractivity contribution >= 4 is 27.7 Å². The Morgan fingerprint density at radius 1 is 1.50 bits per heavy atom. The predicted octanol–water partition coefficient (Wildman–Crippen LogP) is 2.90. The highest BCUT2D eigenvalue weighted by Crippen LogP contribution is 2.21. The van der Waals surface area contributed by atoms with Gasteiger partial charge in [-0.2, -0.15) is 4.98 Å². The molecule has 0 bridgehead atoms. The standard InChI is InChI=1S/C12H21BrN4O/c1-4-6-14-12-15-8-10(13)11(17-12)16-9(2)5-7-18-3/h8-9H,4-7H2,1-3H3,(H2,14,15,16,17). The van der Waals surface area contributed by atoms with Crippen molar-refractivity contribution in [2.24, 2.45) is 0 Å². The third kappa shape index (κ3) is 5.18. The zero-order valence-electron chi connectivity index (χ0n) is 11.2. The number of methoxy groups -OCH3 is 1. The van der Waals surface area contributed by atoms with Crippen LogP contribution in [0.4, 0.5) is 11.8 Å². The molecule has 0 aliphatic carbocycles. The van der Waals surface area contributed by atoms with Crippen molar-refractivity contribution in [1.29, 1.82) is 0 Å². The second kappa shape index (κ2) is 8.26. The Morgan fingerprint density at radius 2 is 2.28 bits per heavy atom. The molecule has 0 fully saturated rings. The number of halogens is 1. The summed E-state index contributed by atoms with van der Waals surface area (Å²) in [5.41, 5.74) is 0. The molecule has 1 atom stereocenters. The molecule has 0 saturated carbocycles. The molecule has 2 N–H and O–H groups in total. The van der Waals surface area contributed by atoms with Crippen molar-refractivity contribution in [2.75, 3.05) is 30.9 Å². The molecule has 1 aromatic heterocycles. The monoisotopic (exact) mass is 316 g/mol. The predicted molar refractivity (Wildman–Crippen MR) is 78.1 cm³/mol. The highest BCUT2D eigenvalue weighted by atomic mass is 79.9. The molecule has 0 aliphatic heterocycles. The van der Waals surface area contributed by atoms with Crippen molar-refractivity contribution in [1.82, 2.24) is 9.97 Å². The van der Waals surface area contributed by atoms with Crippen molar-refractivity contribution < 1.29 is 4.74 Å². The molecule has 1 heterocycles. The van der Waals surface area contributed by atoms with Crippen LogP contribution in [0, 0.1) is 0 Å². The molecule has 0 radical (unpaired) electrons. The van der Waals surface area contributed by atoms with Gasteiger partial charge in [0.1, 0.15) is 5.82 Å². The van der Waals surface area contributed by atoms with Gasteiger partial charge in [-0.25, -0.2) is 4.98 Å². The summed E-state index contributed by atoms with van der Waals surface area (Å²) in [6.45, 7) is 5.82. The summed E-state index contributed by atoms with van der Waals surface area (Å²) in [5.74, 6) is 1.47. The largest absolute Gasteiger partial charge is 0.385 e. The van der Waals surface area contributed by atoms with Gasteiger partial charge in [-0.05, 0) is 35.7 Å². The van der Waals surface area contributed by atoms with Gasteiger partial charge in [0, 0.05) is 32.5 Å². The van der Waals surface area contributed by atoms with E-state index < -0.39 is 0 Å². The van der Waals surface area contributed by atoms with Gasteiger partial charge in [-0.15, -0.1) is 0 Å². The minimum Gasteiger partial charge on any atom is -0.385 e. The first-order valence-corrected chi connectivity index (χ1v) is 6.98. The lowest BCUT2D eigenvalue weighted by atomic mass is 10.2. The zero-order valence-corrected chi connectivity index (χ0v) is 12.7. The van der Waals surface area contributed by atoms with Crippen LogP contribution in [0.5, 0.6) is 0 Å².